The third-order valence-electron chi connectivity index (χ3n) is 1.95. The zero-order valence-corrected chi connectivity index (χ0v) is 9.11. The van der Waals surface area contributed by atoms with E-state index in [4.69, 9.17) is 9.47 Å². The van der Waals surface area contributed by atoms with Crippen molar-refractivity contribution in [1.29, 1.82) is 0 Å². The van der Waals surface area contributed by atoms with Gasteiger partial charge in [-0.3, -0.25) is 4.79 Å². The normalized spacial score (nSPS) is 10.3. The van der Waals surface area contributed by atoms with E-state index in [9.17, 15) is 4.79 Å². The Morgan fingerprint density at radius 1 is 1.20 bits per heavy atom. The molecule has 0 heterocycles. The molecule has 80 valence electrons. The molecule has 0 fully saturated rings. The maximum Gasteiger partial charge on any atom is 0.152 e. The molecule has 0 saturated heterocycles. The van der Waals surface area contributed by atoms with Crippen LogP contribution >= 0.6 is 0 Å². The zero-order valence-electron chi connectivity index (χ0n) is 9.11. The van der Waals surface area contributed by atoms with Crippen molar-refractivity contribution in [3.63, 3.8) is 0 Å². The van der Waals surface area contributed by atoms with Crippen LogP contribution in [-0.2, 0) is 4.79 Å². The lowest BCUT2D eigenvalue weighted by molar-refractivity contribution is -0.112. The van der Waals surface area contributed by atoms with Crippen molar-refractivity contribution in [2.75, 3.05) is 14.2 Å². The standard InChI is InChI=1S/C12H14O3/c1-9(13)7-8-10-11(14-2)5-4-6-12(10)15-3/h4-8H,1-3H3/b8-7+. The van der Waals surface area contributed by atoms with Crippen LogP contribution in [0.2, 0.25) is 0 Å². The molecule has 15 heavy (non-hydrogen) atoms. The number of carbonyl (C=O) groups is 1. The van der Waals surface area contributed by atoms with Gasteiger partial charge in [-0.2, -0.15) is 0 Å². The van der Waals surface area contributed by atoms with Crippen molar-refractivity contribution in [3.8, 4) is 11.5 Å². The summed E-state index contributed by atoms with van der Waals surface area (Å²) in [5.74, 6) is 1.36. The highest BCUT2D eigenvalue weighted by molar-refractivity contribution is 5.92. The molecule has 1 rings (SSSR count). The van der Waals surface area contributed by atoms with Crippen LogP contribution in [0.25, 0.3) is 6.08 Å². The predicted molar refractivity (Wildman–Crippen MR) is 59.3 cm³/mol. The number of ketones is 1. The molecule has 0 aliphatic rings. The van der Waals surface area contributed by atoms with E-state index in [-0.39, 0.29) is 5.78 Å². The number of methoxy groups -OCH3 is 2. The molecule has 0 bridgehead atoms. The third-order valence-corrected chi connectivity index (χ3v) is 1.95. The molecule has 0 amide bonds. The zero-order chi connectivity index (χ0) is 11.3. The third kappa shape index (κ3) is 2.84. The Kier molecular flexibility index (Phi) is 3.92. The van der Waals surface area contributed by atoms with Gasteiger partial charge in [-0.1, -0.05) is 6.07 Å². The van der Waals surface area contributed by atoms with Crippen LogP contribution in [0, 0.1) is 0 Å². The molecule has 3 heteroatoms. The van der Waals surface area contributed by atoms with Crippen LogP contribution in [-0.4, -0.2) is 20.0 Å². The highest BCUT2D eigenvalue weighted by Gasteiger charge is 2.05. The van der Waals surface area contributed by atoms with Gasteiger partial charge in [-0.25, -0.2) is 0 Å². The van der Waals surface area contributed by atoms with Crippen LogP contribution in [0.4, 0.5) is 0 Å². The van der Waals surface area contributed by atoms with Crippen LogP contribution in [0.15, 0.2) is 24.3 Å². The SMILES string of the molecule is COc1cccc(OC)c1/C=C/C(C)=O. The van der Waals surface area contributed by atoms with Crippen molar-refractivity contribution < 1.29 is 14.3 Å². The first kappa shape index (κ1) is 11.3. The maximum absolute atomic E-state index is 10.8. The van der Waals surface area contributed by atoms with E-state index in [1.807, 2.05) is 18.2 Å². The van der Waals surface area contributed by atoms with E-state index < -0.39 is 0 Å². The highest BCUT2D eigenvalue weighted by Crippen LogP contribution is 2.29. The number of benzene rings is 1. The molecule has 0 saturated carbocycles. The minimum absolute atomic E-state index is 0.0111. The van der Waals surface area contributed by atoms with Gasteiger partial charge in [0.15, 0.2) is 5.78 Å². The Morgan fingerprint density at radius 2 is 1.73 bits per heavy atom. The first-order chi connectivity index (χ1) is 7.19. The fourth-order valence-electron chi connectivity index (χ4n) is 1.24. The minimum Gasteiger partial charge on any atom is -0.496 e. The quantitative estimate of drug-likeness (QED) is 0.709. The number of hydrogen-bond donors (Lipinski definition) is 0. The average Bonchev–Trinajstić information content (AvgIpc) is 2.25. The Balaban J connectivity index is 3.16. The van der Waals surface area contributed by atoms with Crippen molar-refractivity contribution in [3.05, 3.63) is 29.8 Å². The molecule has 3 nitrogen and oxygen atoms in total. The molecule has 0 aliphatic carbocycles. The second-order valence-corrected chi connectivity index (χ2v) is 3.02. The summed E-state index contributed by atoms with van der Waals surface area (Å²) in [6.45, 7) is 1.50. The second-order valence-electron chi connectivity index (χ2n) is 3.02. The smallest absolute Gasteiger partial charge is 0.152 e. The van der Waals surface area contributed by atoms with Gasteiger partial charge in [0.1, 0.15) is 11.5 Å². The van der Waals surface area contributed by atoms with Gasteiger partial charge in [-0.05, 0) is 31.2 Å². The van der Waals surface area contributed by atoms with Crippen LogP contribution in [0.5, 0.6) is 11.5 Å². The van der Waals surface area contributed by atoms with Crippen molar-refractivity contribution in [2.24, 2.45) is 0 Å². The van der Waals surface area contributed by atoms with Crippen LogP contribution in [0.3, 0.4) is 0 Å². The molecule has 0 aliphatic heterocycles. The summed E-state index contributed by atoms with van der Waals surface area (Å²) in [6.07, 6.45) is 3.18. The lowest BCUT2D eigenvalue weighted by atomic mass is 10.1. The summed E-state index contributed by atoms with van der Waals surface area (Å²) in [5, 5.41) is 0. The van der Waals surface area contributed by atoms with Gasteiger partial charge >= 0.3 is 0 Å². The summed E-state index contributed by atoms with van der Waals surface area (Å²) in [5.41, 5.74) is 0.776. The van der Waals surface area contributed by atoms with Gasteiger partial charge in [-0.15, -0.1) is 0 Å². The lowest BCUT2D eigenvalue weighted by Gasteiger charge is -2.09. The predicted octanol–water partition coefficient (Wildman–Crippen LogP) is 2.31. The summed E-state index contributed by atoms with van der Waals surface area (Å²) in [4.78, 5) is 10.8. The van der Waals surface area contributed by atoms with E-state index in [0.29, 0.717) is 11.5 Å². The van der Waals surface area contributed by atoms with E-state index in [1.54, 1.807) is 20.3 Å². The molecule has 0 N–H and O–H groups in total. The molecule has 0 aromatic heterocycles. The van der Waals surface area contributed by atoms with Crippen LogP contribution in [0.1, 0.15) is 12.5 Å². The molecule has 1 aromatic rings. The number of allylic oxidation sites excluding steroid dienone is 1. The minimum atomic E-state index is -0.0111. The lowest BCUT2D eigenvalue weighted by Crippen LogP contribution is -1.92. The summed E-state index contributed by atoms with van der Waals surface area (Å²) < 4.78 is 10.4. The molecule has 0 spiro atoms. The first-order valence-corrected chi connectivity index (χ1v) is 4.58. The molecular weight excluding hydrogens is 192 g/mol. The highest BCUT2D eigenvalue weighted by atomic mass is 16.5. The van der Waals surface area contributed by atoms with E-state index in [0.717, 1.165) is 5.56 Å². The summed E-state index contributed by atoms with van der Waals surface area (Å²) >= 11 is 0. The van der Waals surface area contributed by atoms with Gasteiger partial charge in [0.25, 0.3) is 0 Å². The Bertz CT molecular complexity index is 358. The summed E-state index contributed by atoms with van der Waals surface area (Å²) in [6, 6.07) is 5.48. The maximum atomic E-state index is 10.8. The molecule has 0 unspecified atom stereocenters. The van der Waals surface area contributed by atoms with Crippen LogP contribution < -0.4 is 9.47 Å². The fraction of sp³-hybridized carbons (Fsp3) is 0.250. The monoisotopic (exact) mass is 206 g/mol. The van der Waals surface area contributed by atoms with Crippen molar-refractivity contribution in [1.82, 2.24) is 0 Å². The van der Waals surface area contributed by atoms with Gasteiger partial charge < -0.3 is 9.47 Å². The van der Waals surface area contributed by atoms with E-state index >= 15 is 0 Å². The molecule has 0 atom stereocenters. The number of ether oxygens (including phenoxy) is 2. The molecule has 0 radical (unpaired) electrons. The van der Waals surface area contributed by atoms with Gasteiger partial charge in [0, 0.05) is 0 Å². The average molecular weight is 206 g/mol. The topological polar surface area (TPSA) is 35.5 Å². The molecule has 1 aromatic carbocycles. The van der Waals surface area contributed by atoms with E-state index in [2.05, 4.69) is 0 Å². The van der Waals surface area contributed by atoms with Crippen molar-refractivity contribution >= 4 is 11.9 Å². The van der Waals surface area contributed by atoms with Gasteiger partial charge in [0.2, 0.25) is 0 Å². The summed E-state index contributed by atoms with van der Waals surface area (Å²) in [7, 11) is 3.17. The number of carbonyl (C=O) groups excluding carboxylic acids is 1. The first-order valence-electron chi connectivity index (χ1n) is 4.58. The van der Waals surface area contributed by atoms with E-state index in [1.165, 1.54) is 13.0 Å². The van der Waals surface area contributed by atoms with Gasteiger partial charge in [0.05, 0.1) is 19.8 Å². The number of hydrogen-bond acceptors (Lipinski definition) is 3. The Hall–Kier alpha value is -1.77. The Labute approximate surface area is 89.3 Å². The largest absolute Gasteiger partial charge is 0.496 e. The number of rotatable bonds is 4. The van der Waals surface area contributed by atoms with Crippen molar-refractivity contribution in [2.45, 2.75) is 6.92 Å². The molecular formula is C12H14O3. The second kappa shape index (κ2) is 5.20. The fourth-order valence-corrected chi connectivity index (χ4v) is 1.24. The Morgan fingerprint density at radius 3 is 2.13 bits per heavy atom.